The first-order valence-corrected chi connectivity index (χ1v) is 4.05. The summed E-state index contributed by atoms with van der Waals surface area (Å²) >= 11 is 0. The van der Waals surface area contributed by atoms with Crippen LogP contribution in [0.3, 0.4) is 0 Å². The Hall–Kier alpha value is -1.93. The maximum absolute atomic E-state index is 13.3. The summed E-state index contributed by atoms with van der Waals surface area (Å²) in [5.41, 5.74) is 0.888. The number of halogens is 1. The van der Waals surface area contributed by atoms with Crippen LogP contribution < -0.4 is 0 Å². The molecule has 0 spiro atoms. The lowest BCUT2D eigenvalue weighted by Crippen LogP contribution is -1.86. The monoisotopic (exact) mass is 190 g/mol. The number of nitrogens with zero attached hydrogens (tertiary/aromatic N) is 2. The van der Waals surface area contributed by atoms with E-state index in [2.05, 4.69) is 4.99 Å². The van der Waals surface area contributed by atoms with Crippen molar-refractivity contribution in [1.82, 2.24) is 4.57 Å². The minimum Gasteiger partial charge on any atom is -0.346 e. The first-order valence-electron chi connectivity index (χ1n) is 4.05. The fourth-order valence-electron chi connectivity index (χ4n) is 1.54. The molecule has 0 aliphatic heterocycles. The fraction of sp³-hybridized carbons (Fsp3) is 0.100. The number of rotatable bonds is 1. The van der Waals surface area contributed by atoms with Crippen molar-refractivity contribution >= 4 is 22.7 Å². The summed E-state index contributed by atoms with van der Waals surface area (Å²) in [6.45, 7) is 0. The van der Waals surface area contributed by atoms with E-state index < -0.39 is 0 Å². The van der Waals surface area contributed by atoms with Crippen molar-refractivity contribution in [2.45, 2.75) is 0 Å². The van der Waals surface area contributed by atoms with E-state index in [0.717, 1.165) is 0 Å². The number of hydrogen-bond acceptors (Lipinski definition) is 2. The van der Waals surface area contributed by atoms with Gasteiger partial charge in [0.25, 0.3) is 0 Å². The zero-order chi connectivity index (χ0) is 10.1. The van der Waals surface area contributed by atoms with Gasteiger partial charge in [-0.05, 0) is 6.07 Å². The summed E-state index contributed by atoms with van der Waals surface area (Å²) in [5, 5.41) is 0.621. The number of fused-ring (bicyclic) bond motifs is 1. The lowest BCUT2D eigenvalue weighted by Gasteiger charge is -1.95. The molecule has 0 bridgehead atoms. The van der Waals surface area contributed by atoms with E-state index in [1.807, 2.05) is 0 Å². The lowest BCUT2D eigenvalue weighted by atomic mass is 10.2. The fourth-order valence-corrected chi connectivity index (χ4v) is 1.54. The Balaban J connectivity index is 2.90. The summed E-state index contributed by atoms with van der Waals surface area (Å²) in [7, 11) is 1.70. The van der Waals surface area contributed by atoms with Crippen molar-refractivity contribution in [2.24, 2.45) is 12.0 Å². The van der Waals surface area contributed by atoms with Crippen LogP contribution in [-0.4, -0.2) is 10.6 Å². The molecule has 4 heteroatoms. The molecule has 1 heterocycles. The van der Waals surface area contributed by atoms with Crippen LogP contribution in [0.25, 0.3) is 10.9 Å². The molecule has 70 valence electrons. The predicted octanol–water partition coefficient (Wildman–Crippen LogP) is 2.28. The topological polar surface area (TPSA) is 34.4 Å². The number of aromatic nitrogens is 1. The van der Waals surface area contributed by atoms with Crippen molar-refractivity contribution in [2.75, 3.05) is 0 Å². The zero-order valence-corrected chi connectivity index (χ0v) is 7.49. The smallest absolute Gasteiger partial charge is 0.240 e. The van der Waals surface area contributed by atoms with Gasteiger partial charge in [-0.2, -0.15) is 4.99 Å². The highest BCUT2D eigenvalue weighted by atomic mass is 19.1. The molecule has 1 aromatic carbocycles. The van der Waals surface area contributed by atoms with Crippen LogP contribution in [0.5, 0.6) is 0 Å². The van der Waals surface area contributed by atoms with Gasteiger partial charge in [-0.15, -0.1) is 0 Å². The van der Waals surface area contributed by atoms with Crippen LogP contribution in [0.4, 0.5) is 10.1 Å². The molecule has 1 aromatic heterocycles. The number of para-hydroxylation sites is 1. The Morgan fingerprint density at radius 2 is 2.29 bits per heavy atom. The highest BCUT2D eigenvalue weighted by molar-refractivity contribution is 5.92. The quantitative estimate of drug-likeness (QED) is 0.501. The molecule has 0 N–H and O–H groups in total. The molecule has 0 fully saturated rings. The minimum absolute atomic E-state index is 0.322. The molecule has 0 aliphatic carbocycles. The van der Waals surface area contributed by atoms with Crippen molar-refractivity contribution in [3.63, 3.8) is 0 Å². The van der Waals surface area contributed by atoms with E-state index in [-0.39, 0.29) is 5.82 Å². The van der Waals surface area contributed by atoms with Gasteiger partial charge in [0.15, 0.2) is 0 Å². The predicted molar refractivity (Wildman–Crippen MR) is 50.7 cm³/mol. The Kier molecular flexibility index (Phi) is 1.91. The van der Waals surface area contributed by atoms with E-state index in [0.29, 0.717) is 16.6 Å². The number of isocyanates is 1. The van der Waals surface area contributed by atoms with Gasteiger partial charge < -0.3 is 4.57 Å². The van der Waals surface area contributed by atoms with Gasteiger partial charge in [-0.25, -0.2) is 9.18 Å². The molecular formula is C10H7FN2O. The Bertz CT molecular complexity index is 538. The van der Waals surface area contributed by atoms with Gasteiger partial charge >= 0.3 is 0 Å². The Morgan fingerprint density at radius 1 is 1.50 bits per heavy atom. The molecule has 0 unspecified atom stereocenters. The number of aliphatic imine (C=N–C) groups is 1. The Labute approximate surface area is 79.5 Å². The van der Waals surface area contributed by atoms with Gasteiger partial charge in [-0.3, -0.25) is 0 Å². The largest absolute Gasteiger partial charge is 0.346 e. The maximum Gasteiger partial charge on any atom is 0.240 e. The third-order valence-corrected chi connectivity index (χ3v) is 2.10. The van der Waals surface area contributed by atoms with Crippen LogP contribution in [0.1, 0.15) is 0 Å². The Morgan fingerprint density at radius 3 is 3.00 bits per heavy atom. The van der Waals surface area contributed by atoms with Crippen LogP contribution in [0, 0.1) is 5.82 Å². The molecule has 2 aromatic rings. The first-order chi connectivity index (χ1) is 6.74. The van der Waals surface area contributed by atoms with E-state index in [1.54, 1.807) is 29.9 Å². The number of carbonyl (C=O) groups excluding carboxylic acids is 1. The molecule has 0 saturated carbocycles. The molecule has 0 radical (unpaired) electrons. The van der Waals surface area contributed by atoms with Crippen LogP contribution in [0.15, 0.2) is 29.4 Å². The lowest BCUT2D eigenvalue weighted by molar-refractivity contribution is 0.565. The summed E-state index contributed by atoms with van der Waals surface area (Å²) in [4.78, 5) is 13.6. The molecule has 3 nitrogen and oxygen atoms in total. The van der Waals surface area contributed by atoms with Gasteiger partial charge in [0, 0.05) is 18.6 Å². The van der Waals surface area contributed by atoms with Crippen LogP contribution in [-0.2, 0) is 11.8 Å². The summed E-state index contributed by atoms with van der Waals surface area (Å²) in [6.07, 6.45) is 3.04. The van der Waals surface area contributed by atoms with Crippen LogP contribution >= 0.6 is 0 Å². The molecule has 0 atom stereocenters. The minimum atomic E-state index is -0.322. The first kappa shape index (κ1) is 8.66. The van der Waals surface area contributed by atoms with E-state index in [4.69, 9.17) is 0 Å². The third kappa shape index (κ3) is 1.13. The molecule has 0 saturated heterocycles. The molecular weight excluding hydrogens is 183 g/mol. The number of aryl methyl sites for hydroxylation is 1. The molecule has 0 aliphatic rings. The molecule has 14 heavy (non-hydrogen) atoms. The average Bonchev–Trinajstić information content (AvgIpc) is 2.46. The van der Waals surface area contributed by atoms with E-state index >= 15 is 0 Å². The SMILES string of the molecule is Cn1cc(N=C=O)c2cccc(F)c21. The second-order valence-electron chi connectivity index (χ2n) is 2.96. The highest BCUT2D eigenvalue weighted by Gasteiger charge is 2.08. The zero-order valence-electron chi connectivity index (χ0n) is 7.49. The van der Waals surface area contributed by atoms with Crippen molar-refractivity contribution in [1.29, 1.82) is 0 Å². The standard InChI is InChI=1S/C10H7FN2O/c1-13-5-9(12-6-14)7-3-2-4-8(11)10(7)13/h2-5H,1H3. The molecule has 2 rings (SSSR count). The summed E-state index contributed by atoms with van der Waals surface area (Å²) in [6, 6.07) is 4.67. The van der Waals surface area contributed by atoms with Crippen molar-refractivity contribution in [3.8, 4) is 0 Å². The van der Waals surface area contributed by atoms with Gasteiger partial charge in [0.1, 0.15) is 11.5 Å². The van der Waals surface area contributed by atoms with Crippen LogP contribution in [0.2, 0.25) is 0 Å². The van der Waals surface area contributed by atoms with Gasteiger partial charge in [-0.1, -0.05) is 12.1 Å². The normalized spacial score (nSPS) is 10.1. The van der Waals surface area contributed by atoms with E-state index in [1.165, 1.54) is 12.1 Å². The summed E-state index contributed by atoms with van der Waals surface area (Å²) < 4.78 is 14.9. The van der Waals surface area contributed by atoms with Gasteiger partial charge in [0.05, 0.1) is 5.52 Å². The second kappa shape index (κ2) is 3.09. The number of hydrogen-bond donors (Lipinski definition) is 0. The maximum atomic E-state index is 13.3. The summed E-state index contributed by atoms with van der Waals surface area (Å²) in [5.74, 6) is -0.322. The van der Waals surface area contributed by atoms with E-state index in [9.17, 15) is 9.18 Å². The van der Waals surface area contributed by atoms with Crippen molar-refractivity contribution in [3.05, 3.63) is 30.2 Å². The second-order valence-corrected chi connectivity index (χ2v) is 2.96. The highest BCUT2D eigenvalue weighted by Crippen LogP contribution is 2.28. The number of benzene rings is 1. The van der Waals surface area contributed by atoms with Crippen molar-refractivity contribution < 1.29 is 9.18 Å². The third-order valence-electron chi connectivity index (χ3n) is 2.10. The molecule has 0 amide bonds. The van der Waals surface area contributed by atoms with Gasteiger partial charge in [0.2, 0.25) is 6.08 Å². The average molecular weight is 190 g/mol.